The third kappa shape index (κ3) is 4.13. The summed E-state index contributed by atoms with van der Waals surface area (Å²) in [6.07, 6.45) is 3.57. The van der Waals surface area contributed by atoms with Crippen LogP contribution in [0.4, 0.5) is 13.6 Å². The number of nitrogens with zero attached hydrogens (tertiary/aromatic N) is 2. The summed E-state index contributed by atoms with van der Waals surface area (Å²) in [4.78, 5) is 26.4. The molecular weight excluding hydrogens is 424 g/mol. The fourth-order valence-electron chi connectivity index (χ4n) is 3.95. The predicted octanol–water partition coefficient (Wildman–Crippen LogP) is 5.06. The van der Waals surface area contributed by atoms with Gasteiger partial charge in [-0.05, 0) is 47.5 Å². The second kappa shape index (κ2) is 8.35. The Bertz CT molecular complexity index is 1390. The van der Waals surface area contributed by atoms with Gasteiger partial charge in [0, 0.05) is 29.2 Å². The molecule has 3 aromatic carbocycles. The number of hydrogen-bond acceptors (Lipinski definition) is 2. The minimum atomic E-state index is -0.523. The van der Waals surface area contributed by atoms with E-state index in [1.54, 1.807) is 30.3 Å². The third-order valence-electron chi connectivity index (χ3n) is 5.60. The van der Waals surface area contributed by atoms with E-state index >= 15 is 0 Å². The lowest BCUT2D eigenvalue weighted by Crippen LogP contribution is -2.30. The average molecular weight is 443 g/mol. The summed E-state index contributed by atoms with van der Waals surface area (Å²) in [6.45, 7) is 0.579. The summed E-state index contributed by atoms with van der Waals surface area (Å²) in [7, 11) is 0. The molecule has 164 valence electrons. The highest BCUT2D eigenvalue weighted by Gasteiger charge is 2.33. The van der Waals surface area contributed by atoms with E-state index in [9.17, 15) is 18.4 Å². The van der Waals surface area contributed by atoms with Crippen molar-refractivity contribution >= 4 is 28.9 Å². The van der Waals surface area contributed by atoms with Crippen molar-refractivity contribution in [2.24, 2.45) is 0 Å². The number of para-hydroxylation sites is 1. The number of rotatable bonds is 5. The third-order valence-corrected chi connectivity index (χ3v) is 5.60. The zero-order valence-corrected chi connectivity index (χ0v) is 17.5. The number of carbonyl (C=O) groups is 2. The molecule has 0 spiro atoms. The SMILES string of the molecule is O=C1N/C(=C/c2cn(Cc3ccc(F)cc3)c3ccccc23)C(=O)N1Cc1ccc(F)cc1. The van der Waals surface area contributed by atoms with E-state index in [2.05, 4.69) is 5.32 Å². The monoisotopic (exact) mass is 443 g/mol. The van der Waals surface area contributed by atoms with Crippen molar-refractivity contribution in [2.45, 2.75) is 13.1 Å². The molecule has 1 saturated heterocycles. The Morgan fingerprint density at radius 2 is 1.39 bits per heavy atom. The van der Waals surface area contributed by atoms with Crippen LogP contribution in [0.5, 0.6) is 0 Å². The summed E-state index contributed by atoms with van der Waals surface area (Å²) < 4.78 is 28.4. The molecule has 5 rings (SSSR count). The number of benzene rings is 3. The number of imide groups is 1. The van der Waals surface area contributed by atoms with Crippen molar-refractivity contribution in [1.29, 1.82) is 0 Å². The summed E-state index contributed by atoms with van der Waals surface area (Å²) in [5, 5.41) is 3.56. The Morgan fingerprint density at radius 1 is 0.788 bits per heavy atom. The molecule has 0 atom stereocenters. The Balaban J connectivity index is 1.45. The Labute approximate surface area is 188 Å². The van der Waals surface area contributed by atoms with Crippen LogP contribution < -0.4 is 5.32 Å². The van der Waals surface area contributed by atoms with Crippen LogP contribution in [0.25, 0.3) is 17.0 Å². The van der Waals surface area contributed by atoms with Gasteiger partial charge in [-0.3, -0.25) is 9.69 Å². The number of urea groups is 1. The van der Waals surface area contributed by atoms with Crippen molar-refractivity contribution < 1.29 is 18.4 Å². The van der Waals surface area contributed by atoms with Gasteiger partial charge >= 0.3 is 6.03 Å². The van der Waals surface area contributed by atoms with Crippen LogP contribution in [-0.2, 0) is 17.9 Å². The van der Waals surface area contributed by atoms with Crippen LogP contribution in [0.1, 0.15) is 16.7 Å². The van der Waals surface area contributed by atoms with Crippen LogP contribution in [0.2, 0.25) is 0 Å². The molecule has 3 amide bonds. The first-order chi connectivity index (χ1) is 16.0. The molecule has 0 saturated carbocycles. The minimum Gasteiger partial charge on any atom is -0.342 e. The van der Waals surface area contributed by atoms with Gasteiger partial charge in [0.05, 0.1) is 6.54 Å². The van der Waals surface area contributed by atoms with E-state index in [-0.39, 0.29) is 23.9 Å². The lowest BCUT2D eigenvalue weighted by Gasteiger charge is -2.11. The average Bonchev–Trinajstić information content (AvgIpc) is 3.29. The normalized spacial score (nSPS) is 15.0. The second-order valence-corrected chi connectivity index (χ2v) is 7.86. The largest absolute Gasteiger partial charge is 0.342 e. The molecular formula is C26H19F2N3O2. The highest BCUT2D eigenvalue weighted by molar-refractivity contribution is 6.14. The number of hydrogen-bond donors (Lipinski definition) is 1. The maximum Gasteiger partial charge on any atom is 0.329 e. The van der Waals surface area contributed by atoms with Crippen molar-refractivity contribution in [3.8, 4) is 0 Å². The van der Waals surface area contributed by atoms with Gasteiger partial charge in [0.2, 0.25) is 0 Å². The van der Waals surface area contributed by atoms with E-state index in [0.717, 1.165) is 26.9 Å². The second-order valence-electron chi connectivity index (χ2n) is 7.86. The Kier molecular flexibility index (Phi) is 5.22. The lowest BCUT2D eigenvalue weighted by atomic mass is 10.1. The molecule has 1 fully saturated rings. The zero-order valence-electron chi connectivity index (χ0n) is 17.5. The van der Waals surface area contributed by atoms with Gasteiger partial charge in [-0.25, -0.2) is 13.6 Å². The molecule has 2 heterocycles. The van der Waals surface area contributed by atoms with E-state index in [1.807, 2.05) is 35.0 Å². The van der Waals surface area contributed by atoms with Crippen molar-refractivity contribution in [2.75, 3.05) is 0 Å². The van der Waals surface area contributed by atoms with Crippen molar-refractivity contribution in [1.82, 2.24) is 14.8 Å². The first-order valence-corrected chi connectivity index (χ1v) is 10.4. The number of halogens is 2. The van der Waals surface area contributed by atoms with Crippen LogP contribution in [-0.4, -0.2) is 21.4 Å². The maximum absolute atomic E-state index is 13.3. The number of fused-ring (bicyclic) bond motifs is 1. The van der Waals surface area contributed by atoms with Gasteiger partial charge in [0.15, 0.2) is 0 Å². The number of aromatic nitrogens is 1. The maximum atomic E-state index is 13.3. The summed E-state index contributed by atoms with van der Waals surface area (Å²) in [5.74, 6) is -1.12. The van der Waals surface area contributed by atoms with Gasteiger partial charge in [0.25, 0.3) is 5.91 Å². The summed E-state index contributed by atoms with van der Waals surface area (Å²) in [5.41, 5.74) is 3.49. The quantitative estimate of drug-likeness (QED) is 0.346. The molecule has 4 aromatic rings. The molecule has 1 aliphatic rings. The number of carbonyl (C=O) groups excluding carboxylic acids is 2. The van der Waals surface area contributed by atoms with Gasteiger partial charge in [0.1, 0.15) is 17.3 Å². The molecule has 1 aliphatic heterocycles. The molecule has 0 aliphatic carbocycles. The Hall–Kier alpha value is -4.26. The number of amides is 3. The fraction of sp³-hybridized carbons (Fsp3) is 0.0769. The van der Waals surface area contributed by atoms with Gasteiger partial charge in [-0.1, -0.05) is 42.5 Å². The first kappa shape index (κ1) is 20.6. The van der Waals surface area contributed by atoms with E-state index in [1.165, 1.54) is 24.3 Å². The highest BCUT2D eigenvalue weighted by atomic mass is 19.1. The van der Waals surface area contributed by atoms with E-state index < -0.39 is 11.9 Å². The van der Waals surface area contributed by atoms with Crippen LogP contribution in [0, 0.1) is 11.6 Å². The molecule has 7 heteroatoms. The number of nitrogens with one attached hydrogen (secondary N) is 1. The standard InChI is InChI=1S/C26H19F2N3O2/c27-20-9-5-17(6-10-20)14-30-16-19(22-3-1-2-4-24(22)30)13-23-25(32)31(26(33)29-23)15-18-7-11-21(28)12-8-18/h1-13,16H,14-15H2,(H,29,33)/b23-13+. The predicted molar refractivity (Wildman–Crippen MR) is 121 cm³/mol. The smallest absolute Gasteiger partial charge is 0.329 e. The zero-order chi connectivity index (χ0) is 22.9. The molecule has 5 nitrogen and oxygen atoms in total. The fourth-order valence-corrected chi connectivity index (χ4v) is 3.95. The lowest BCUT2D eigenvalue weighted by molar-refractivity contribution is -0.123. The summed E-state index contributed by atoms with van der Waals surface area (Å²) in [6, 6.07) is 19.2. The van der Waals surface area contributed by atoms with Crippen LogP contribution >= 0.6 is 0 Å². The van der Waals surface area contributed by atoms with Crippen molar-refractivity contribution in [3.63, 3.8) is 0 Å². The molecule has 1 N–H and O–H groups in total. The van der Waals surface area contributed by atoms with E-state index in [0.29, 0.717) is 12.1 Å². The van der Waals surface area contributed by atoms with Crippen LogP contribution in [0.3, 0.4) is 0 Å². The molecule has 0 bridgehead atoms. The van der Waals surface area contributed by atoms with Gasteiger partial charge < -0.3 is 9.88 Å². The first-order valence-electron chi connectivity index (χ1n) is 10.4. The minimum absolute atomic E-state index is 0.0502. The van der Waals surface area contributed by atoms with E-state index in [4.69, 9.17) is 0 Å². The highest BCUT2D eigenvalue weighted by Crippen LogP contribution is 2.26. The topological polar surface area (TPSA) is 54.3 Å². The Morgan fingerprint density at radius 3 is 2.06 bits per heavy atom. The van der Waals surface area contributed by atoms with Crippen molar-refractivity contribution in [3.05, 3.63) is 113 Å². The molecule has 0 radical (unpaired) electrons. The molecule has 1 aromatic heterocycles. The van der Waals surface area contributed by atoms with Crippen LogP contribution in [0.15, 0.2) is 84.7 Å². The summed E-state index contributed by atoms with van der Waals surface area (Å²) >= 11 is 0. The molecule has 33 heavy (non-hydrogen) atoms. The van der Waals surface area contributed by atoms with Gasteiger partial charge in [-0.2, -0.15) is 0 Å². The van der Waals surface area contributed by atoms with Gasteiger partial charge in [-0.15, -0.1) is 0 Å². The molecule has 0 unspecified atom stereocenters.